The predicted octanol–water partition coefficient (Wildman–Crippen LogP) is 3.74. The first-order chi connectivity index (χ1) is 15.8. The van der Waals surface area contributed by atoms with E-state index in [0.717, 1.165) is 50.9 Å². The summed E-state index contributed by atoms with van der Waals surface area (Å²) in [4.78, 5) is 17.4. The summed E-state index contributed by atoms with van der Waals surface area (Å²) in [6.45, 7) is 6.09. The summed E-state index contributed by atoms with van der Waals surface area (Å²) in [6.07, 6.45) is 3.67. The number of halogens is 1. The van der Waals surface area contributed by atoms with Crippen molar-refractivity contribution in [2.45, 2.75) is 50.1 Å². The molecule has 0 bridgehead atoms. The van der Waals surface area contributed by atoms with Crippen molar-refractivity contribution in [1.29, 1.82) is 0 Å². The molecule has 0 aromatic heterocycles. The molecular formula is C25H32FN3O3S. The topological polar surface area (TPSA) is 60.9 Å². The van der Waals surface area contributed by atoms with Crippen molar-refractivity contribution in [2.24, 2.45) is 0 Å². The number of hydrogen-bond donors (Lipinski definition) is 0. The van der Waals surface area contributed by atoms with Crippen molar-refractivity contribution in [2.75, 3.05) is 32.7 Å². The zero-order chi connectivity index (χ0) is 23.4. The van der Waals surface area contributed by atoms with Crippen LogP contribution in [-0.4, -0.2) is 67.2 Å². The highest BCUT2D eigenvalue weighted by atomic mass is 32.2. The van der Waals surface area contributed by atoms with Gasteiger partial charge < -0.3 is 4.90 Å². The molecule has 2 fully saturated rings. The Bertz CT molecular complexity index is 1060. The van der Waals surface area contributed by atoms with Crippen LogP contribution in [0.5, 0.6) is 0 Å². The lowest BCUT2D eigenvalue weighted by Gasteiger charge is -2.32. The molecular weight excluding hydrogens is 441 g/mol. The van der Waals surface area contributed by atoms with Gasteiger partial charge in [-0.3, -0.25) is 9.69 Å². The number of hydrogen-bond acceptors (Lipinski definition) is 4. The van der Waals surface area contributed by atoms with E-state index in [0.29, 0.717) is 25.2 Å². The van der Waals surface area contributed by atoms with E-state index in [4.69, 9.17) is 0 Å². The highest BCUT2D eigenvalue weighted by Gasteiger charge is 2.31. The van der Waals surface area contributed by atoms with Gasteiger partial charge in [0.15, 0.2) is 0 Å². The number of benzene rings is 2. The maximum absolute atomic E-state index is 13.1. The molecule has 0 aliphatic carbocycles. The van der Waals surface area contributed by atoms with Gasteiger partial charge in [0.1, 0.15) is 5.82 Å². The van der Waals surface area contributed by atoms with E-state index in [-0.39, 0.29) is 22.7 Å². The normalized spacial score (nSPS) is 21.0. The second-order valence-electron chi connectivity index (χ2n) is 9.03. The Labute approximate surface area is 196 Å². The number of sulfonamides is 1. The summed E-state index contributed by atoms with van der Waals surface area (Å²) in [5.41, 5.74) is 1.56. The lowest BCUT2D eigenvalue weighted by atomic mass is 10.1. The molecule has 0 saturated carbocycles. The molecule has 2 aliphatic rings. The molecule has 2 saturated heterocycles. The lowest BCUT2D eigenvalue weighted by Crippen LogP contribution is -2.41. The molecule has 1 atom stereocenters. The fourth-order valence-corrected chi connectivity index (χ4v) is 6.40. The van der Waals surface area contributed by atoms with Crippen LogP contribution < -0.4 is 0 Å². The standard InChI is InChI=1S/C25H32FN3O3S/c1-20-5-2-3-16-29(20)33(31,32)24-12-8-22(9-13-24)25(30)28-15-4-14-27(17-18-28)19-21-6-10-23(26)11-7-21/h6-13,20H,2-5,14-19H2,1H3. The Morgan fingerprint density at radius 3 is 2.33 bits per heavy atom. The summed E-state index contributed by atoms with van der Waals surface area (Å²) in [5, 5.41) is 0. The average Bonchev–Trinajstić information content (AvgIpc) is 3.06. The van der Waals surface area contributed by atoms with Gasteiger partial charge in [0.25, 0.3) is 5.91 Å². The van der Waals surface area contributed by atoms with Gasteiger partial charge in [-0.2, -0.15) is 4.31 Å². The maximum atomic E-state index is 13.1. The summed E-state index contributed by atoms with van der Waals surface area (Å²) >= 11 is 0. The average molecular weight is 474 g/mol. The molecule has 0 N–H and O–H groups in total. The molecule has 33 heavy (non-hydrogen) atoms. The second kappa shape index (κ2) is 10.3. The Kier molecular flexibility index (Phi) is 7.46. The van der Waals surface area contributed by atoms with Crippen molar-refractivity contribution < 1.29 is 17.6 Å². The van der Waals surface area contributed by atoms with Gasteiger partial charge in [0, 0.05) is 50.9 Å². The summed E-state index contributed by atoms with van der Waals surface area (Å²) in [5.74, 6) is -0.315. The smallest absolute Gasteiger partial charge is 0.253 e. The molecule has 2 heterocycles. The third kappa shape index (κ3) is 5.62. The molecule has 2 aromatic rings. The van der Waals surface area contributed by atoms with Gasteiger partial charge in [-0.05, 0) is 68.1 Å². The van der Waals surface area contributed by atoms with Crippen molar-refractivity contribution in [3.8, 4) is 0 Å². The molecule has 1 amide bonds. The number of carbonyl (C=O) groups is 1. The van der Waals surface area contributed by atoms with Crippen LogP contribution >= 0.6 is 0 Å². The molecule has 178 valence electrons. The predicted molar refractivity (Wildman–Crippen MR) is 126 cm³/mol. The molecule has 8 heteroatoms. The molecule has 4 rings (SSSR count). The molecule has 1 unspecified atom stereocenters. The van der Waals surface area contributed by atoms with E-state index in [9.17, 15) is 17.6 Å². The van der Waals surface area contributed by atoms with Crippen LogP contribution in [0, 0.1) is 5.82 Å². The largest absolute Gasteiger partial charge is 0.337 e. The Hall–Kier alpha value is -2.29. The maximum Gasteiger partial charge on any atom is 0.253 e. The first-order valence-electron chi connectivity index (χ1n) is 11.7. The first kappa shape index (κ1) is 23.9. The van der Waals surface area contributed by atoms with Gasteiger partial charge in [-0.1, -0.05) is 18.6 Å². The lowest BCUT2D eigenvalue weighted by molar-refractivity contribution is 0.0761. The Morgan fingerprint density at radius 1 is 0.909 bits per heavy atom. The van der Waals surface area contributed by atoms with Gasteiger partial charge in [-0.15, -0.1) is 0 Å². The van der Waals surface area contributed by atoms with Crippen molar-refractivity contribution in [3.63, 3.8) is 0 Å². The van der Waals surface area contributed by atoms with E-state index in [1.165, 1.54) is 12.1 Å². The van der Waals surface area contributed by atoms with Gasteiger partial charge in [0.2, 0.25) is 10.0 Å². The van der Waals surface area contributed by atoms with E-state index in [1.54, 1.807) is 40.7 Å². The Balaban J connectivity index is 1.38. The quantitative estimate of drug-likeness (QED) is 0.664. The van der Waals surface area contributed by atoms with Crippen LogP contribution in [0.3, 0.4) is 0 Å². The van der Waals surface area contributed by atoms with E-state index < -0.39 is 10.0 Å². The highest BCUT2D eigenvalue weighted by molar-refractivity contribution is 7.89. The number of nitrogens with zero attached hydrogens (tertiary/aromatic N) is 3. The fourth-order valence-electron chi connectivity index (χ4n) is 4.70. The van der Waals surface area contributed by atoms with Crippen LogP contribution in [0.1, 0.15) is 48.5 Å². The van der Waals surface area contributed by atoms with Gasteiger partial charge in [-0.25, -0.2) is 12.8 Å². The van der Waals surface area contributed by atoms with Gasteiger partial charge in [0.05, 0.1) is 4.90 Å². The summed E-state index contributed by atoms with van der Waals surface area (Å²) in [7, 11) is -3.55. The summed E-state index contributed by atoms with van der Waals surface area (Å²) < 4.78 is 40.8. The third-order valence-electron chi connectivity index (χ3n) is 6.65. The minimum absolute atomic E-state index is 0.0000127. The van der Waals surface area contributed by atoms with E-state index in [2.05, 4.69) is 4.90 Å². The van der Waals surface area contributed by atoms with E-state index in [1.807, 2.05) is 11.8 Å². The van der Waals surface area contributed by atoms with Crippen molar-refractivity contribution in [1.82, 2.24) is 14.1 Å². The zero-order valence-electron chi connectivity index (χ0n) is 19.1. The number of carbonyl (C=O) groups excluding carboxylic acids is 1. The zero-order valence-corrected chi connectivity index (χ0v) is 19.9. The highest BCUT2D eigenvalue weighted by Crippen LogP contribution is 2.25. The molecule has 0 radical (unpaired) electrons. The van der Waals surface area contributed by atoms with Crippen molar-refractivity contribution >= 4 is 15.9 Å². The number of rotatable bonds is 5. The molecule has 2 aromatic carbocycles. The molecule has 6 nitrogen and oxygen atoms in total. The van der Waals surface area contributed by atoms with Gasteiger partial charge >= 0.3 is 0 Å². The first-order valence-corrected chi connectivity index (χ1v) is 13.2. The van der Waals surface area contributed by atoms with Crippen LogP contribution in [0.25, 0.3) is 0 Å². The van der Waals surface area contributed by atoms with Crippen LogP contribution in [-0.2, 0) is 16.6 Å². The van der Waals surface area contributed by atoms with Crippen LogP contribution in [0.15, 0.2) is 53.4 Å². The van der Waals surface area contributed by atoms with Crippen LogP contribution in [0.2, 0.25) is 0 Å². The monoisotopic (exact) mass is 473 g/mol. The molecule has 0 spiro atoms. The van der Waals surface area contributed by atoms with Crippen molar-refractivity contribution in [3.05, 3.63) is 65.5 Å². The number of piperidine rings is 1. The van der Waals surface area contributed by atoms with E-state index >= 15 is 0 Å². The van der Waals surface area contributed by atoms with Crippen LogP contribution in [0.4, 0.5) is 4.39 Å². The third-order valence-corrected chi connectivity index (χ3v) is 8.67. The minimum Gasteiger partial charge on any atom is -0.337 e. The number of amides is 1. The SMILES string of the molecule is CC1CCCCN1S(=O)(=O)c1ccc(C(=O)N2CCCN(Cc3ccc(F)cc3)CC2)cc1. The second-order valence-corrected chi connectivity index (χ2v) is 10.9. The minimum atomic E-state index is -3.55. The molecule has 2 aliphatic heterocycles. The Morgan fingerprint density at radius 2 is 1.64 bits per heavy atom. The summed E-state index contributed by atoms with van der Waals surface area (Å²) in [6, 6.07) is 12.9. The fraction of sp³-hybridized carbons (Fsp3) is 0.480.